The molecule has 11 heteroatoms. The van der Waals surface area contributed by atoms with Crippen LogP contribution in [0.2, 0.25) is 0 Å². The van der Waals surface area contributed by atoms with E-state index < -0.39 is 10.0 Å². The zero-order valence-electron chi connectivity index (χ0n) is 18.2. The summed E-state index contributed by atoms with van der Waals surface area (Å²) in [6.07, 6.45) is 5.44. The van der Waals surface area contributed by atoms with Crippen molar-refractivity contribution in [1.29, 1.82) is 0 Å². The standard InChI is InChI=1S/C19H37N5O4S.HI/c1-3-21-19(24-10-7-16(8-11-24)14-18(25)20-2)22-9-13-29(26,27)23-15-17-6-4-5-12-28-17;/h16-17,23H,3-15H2,1-2H3,(H,20,25)(H,21,22);1H. The van der Waals surface area contributed by atoms with Gasteiger partial charge in [0.15, 0.2) is 5.96 Å². The van der Waals surface area contributed by atoms with Crippen LogP contribution in [0.25, 0.3) is 0 Å². The first-order valence-corrected chi connectivity index (χ1v) is 12.4. The number of halogens is 1. The Kier molecular flexibility index (Phi) is 13.1. The molecule has 0 aromatic carbocycles. The van der Waals surface area contributed by atoms with Crippen molar-refractivity contribution in [3.63, 3.8) is 0 Å². The average molecular weight is 560 g/mol. The van der Waals surface area contributed by atoms with Gasteiger partial charge in [0.2, 0.25) is 15.9 Å². The monoisotopic (exact) mass is 559 g/mol. The lowest BCUT2D eigenvalue weighted by atomic mass is 9.93. The van der Waals surface area contributed by atoms with Crippen molar-refractivity contribution < 1.29 is 17.9 Å². The second kappa shape index (κ2) is 14.4. The van der Waals surface area contributed by atoms with Crippen molar-refractivity contribution in [3.8, 4) is 0 Å². The van der Waals surface area contributed by atoms with E-state index in [1.807, 2.05) is 6.92 Å². The molecule has 1 amide bonds. The van der Waals surface area contributed by atoms with Crippen molar-refractivity contribution >= 4 is 45.9 Å². The number of nitrogens with zero attached hydrogens (tertiary/aromatic N) is 2. The molecule has 0 aromatic heterocycles. The zero-order chi connectivity index (χ0) is 21.1. The van der Waals surface area contributed by atoms with E-state index in [0.717, 1.165) is 57.7 Å². The SMILES string of the molecule is CCNC(=NCCS(=O)(=O)NCC1CCCCO1)N1CCC(CC(=O)NC)CC1.I. The van der Waals surface area contributed by atoms with Gasteiger partial charge in [-0.2, -0.15) is 0 Å². The Labute approximate surface area is 198 Å². The molecule has 1 unspecified atom stereocenters. The number of sulfonamides is 1. The molecule has 0 spiro atoms. The van der Waals surface area contributed by atoms with Gasteiger partial charge < -0.3 is 20.3 Å². The van der Waals surface area contributed by atoms with Crippen LogP contribution in [0.3, 0.4) is 0 Å². The topological polar surface area (TPSA) is 112 Å². The summed E-state index contributed by atoms with van der Waals surface area (Å²) in [5.41, 5.74) is 0. The van der Waals surface area contributed by atoms with Gasteiger partial charge in [-0.25, -0.2) is 13.1 Å². The van der Waals surface area contributed by atoms with Crippen LogP contribution in [-0.2, 0) is 19.6 Å². The molecule has 2 fully saturated rings. The summed E-state index contributed by atoms with van der Waals surface area (Å²) in [5, 5.41) is 5.93. The molecule has 0 saturated carbocycles. The third-order valence-electron chi connectivity index (χ3n) is 5.43. The number of ether oxygens (including phenoxy) is 1. The fourth-order valence-electron chi connectivity index (χ4n) is 3.67. The van der Waals surface area contributed by atoms with Gasteiger partial charge in [-0.15, -0.1) is 24.0 Å². The molecule has 2 aliphatic heterocycles. The number of rotatable bonds is 9. The summed E-state index contributed by atoms with van der Waals surface area (Å²) in [6, 6.07) is 0. The number of nitrogens with one attached hydrogen (secondary N) is 3. The van der Waals surface area contributed by atoms with E-state index in [-0.39, 0.29) is 48.3 Å². The van der Waals surface area contributed by atoms with Crippen LogP contribution in [0.4, 0.5) is 0 Å². The normalized spacial score (nSPS) is 21.1. The molecule has 2 heterocycles. The quantitative estimate of drug-likeness (QED) is 0.220. The minimum Gasteiger partial charge on any atom is -0.377 e. The minimum atomic E-state index is -3.38. The Morgan fingerprint density at radius 3 is 2.53 bits per heavy atom. The molecule has 1 atom stereocenters. The van der Waals surface area contributed by atoms with Gasteiger partial charge in [0.05, 0.1) is 18.4 Å². The van der Waals surface area contributed by atoms with Crippen LogP contribution in [0, 0.1) is 5.92 Å². The van der Waals surface area contributed by atoms with Gasteiger partial charge in [0.25, 0.3) is 0 Å². The fourth-order valence-corrected chi connectivity index (χ4v) is 4.59. The highest BCUT2D eigenvalue weighted by Gasteiger charge is 2.23. The summed E-state index contributed by atoms with van der Waals surface area (Å²) < 4.78 is 32.7. The molecule has 2 aliphatic rings. The van der Waals surface area contributed by atoms with E-state index >= 15 is 0 Å². The maximum atomic E-state index is 12.3. The van der Waals surface area contributed by atoms with Crippen LogP contribution >= 0.6 is 24.0 Å². The number of amides is 1. The highest BCUT2D eigenvalue weighted by molar-refractivity contribution is 14.0. The number of carbonyl (C=O) groups excluding carboxylic acids is 1. The lowest BCUT2D eigenvalue weighted by Gasteiger charge is -2.34. The van der Waals surface area contributed by atoms with Crippen LogP contribution in [0.15, 0.2) is 4.99 Å². The minimum absolute atomic E-state index is 0. The molecule has 3 N–H and O–H groups in total. The van der Waals surface area contributed by atoms with Gasteiger partial charge in [-0.05, 0) is 44.9 Å². The van der Waals surface area contributed by atoms with Gasteiger partial charge >= 0.3 is 0 Å². The van der Waals surface area contributed by atoms with E-state index in [9.17, 15) is 13.2 Å². The predicted octanol–water partition coefficient (Wildman–Crippen LogP) is 0.907. The van der Waals surface area contributed by atoms with Crippen molar-refractivity contribution in [3.05, 3.63) is 0 Å². The maximum Gasteiger partial charge on any atom is 0.220 e. The predicted molar refractivity (Wildman–Crippen MR) is 130 cm³/mol. The average Bonchev–Trinajstić information content (AvgIpc) is 2.73. The first kappa shape index (κ1) is 27.4. The number of hydrogen-bond donors (Lipinski definition) is 3. The van der Waals surface area contributed by atoms with E-state index in [4.69, 9.17) is 4.74 Å². The fraction of sp³-hybridized carbons (Fsp3) is 0.895. The molecule has 0 aliphatic carbocycles. The Hall–Kier alpha value is -0.660. The van der Waals surface area contributed by atoms with Crippen LogP contribution in [0.1, 0.15) is 45.4 Å². The van der Waals surface area contributed by atoms with E-state index in [1.54, 1.807) is 7.05 Å². The number of likely N-dealkylation sites (tertiary alicyclic amines) is 1. The smallest absolute Gasteiger partial charge is 0.220 e. The number of piperidine rings is 1. The van der Waals surface area contributed by atoms with Gasteiger partial charge in [0, 0.05) is 46.3 Å². The molecule has 0 aromatic rings. The van der Waals surface area contributed by atoms with Crippen LogP contribution in [-0.4, -0.2) is 83.4 Å². The Bertz CT molecular complexity index is 633. The van der Waals surface area contributed by atoms with Crippen LogP contribution < -0.4 is 15.4 Å². The molecule has 9 nitrogen and oxygen atoms in total. The largest absolute Gasteiger partial charge is 0.377 e. The number of guanidine groups is 1. The van der Waals surface area contributed by atoms with E-state index in [2.05, 4.69) is 25.2 Å². The molecule has 0 bridgehead atoms. The second-order valence-corrected chi connectivity index (χ2v) is 9.63. The van der Waals surface area contributed by atoms with E-state index in [1.165, 1.54) is 0 Å². The van der Waals surface area contributed by atoms with Gasteiger partial charge in [-0.1, -0.05) is 0 Å². The Morgan fingerprint density at radius 1 is 1.20 bits per heavy atom. The molecular weight excluding hydrogens is 521 g/mol. The summed E-state index contributed by atoms with van der Waals surface area (Å²) in [5.74, 6) is 1.18. The molecule has 176 valence electrons. The number of carbonyl (C=O) groups is 1. The summed E-state index contributed by atoms with van der Waals surface area (Å²) in [4.78, 5) is 18.2. The second-order valence-electron chi connectivity index (χ2n) is 7.70. The maximum absolute atomic E-state index is 12.3. The zero-order valence-corrected chi connectivity index (χ0v) is 21.3. The highest BCUT2D eigenvalue weighted by atomic mass is 127. The lowest BCUT2D eigenvalue weighted by molar-refractivity contribution is -0.121. The number of hydrogen-bond acceptors (Lipinski definition) is 5. The highest BCUT2D eigenvalue weighted by Crippen LogP contribution is 2.20. The molecular formula is C19H38IN5O4S. The Balaban J connectivity index is 0.00000450. The third kappa shape index (κ3) is 10.1. The summed E-state index contributed by atoms with van der Waals surface area (Å²) in [7, 11) is -1.71. The van der Waals surface area contributed by atoms with Crippen molar-refractivity contribution in [2.24, 2.45) is 10.9 Å². The first-order valence-electron chi connectivity index (χ1n) is 10.8. The lowest BCUT2D eigenvalue weighted by Crippen LogP contribution is -2.46. The molecule has 0 radical (unpaired) electrons. The molecule has 2 saturated heterocycles. The summed E-state index contributed by atoms with van der Waals surface area (Å²) in [6.45, 7) is 5.61. The third-order valence-corrected chi connectivity index (χ3v) is 6.75. The van der Waals surface area contributed by atoms with Gasteiger partial charge in [0.1, 0.15) is 0 Å². The Morgan fingerprint density at radius 2 is 1.93 bits per heavy atom. The number of aliphatic imine (C=N–C) groups is 1. The molecule has 2 rings (SSSR count). The van der Waals surface area contributed by atoms with Crippen LogP contribution in [0.5, 0.6) is 0 Å². The first-order chi connectivity index (χ1) is 13.9. The summed E-state index contributed by atoms with van der Waals surface area (Å²) >= 11 is 0. The van der Waals surface area contributed by atoms with E-state index in [0.29, 0.717) is 25.5 Å². The molecule has 30 heavy (non-hydrogen) atoms. The van der Waals surface area contributed by atoms with Crippen molar-refractivity contribution in [1.82, 2.24) is 20.3 Å². The van der Waals surface area contributed by atoms with Crippen molar-refractivity contribution in [2.75, 3.05) is 52.1 Å². The van der Waals surface area contributed by atoms with Gasteiger partial charge in [-0.3, -0.25) is 9.79 Å². The van der Waals surface area contributed by atoms with Crippen molar-refractivity contribution in [2.45, 2.75) is 51.6 Å².